The fourth-order valence-electron chi connectivity index (χ4n) is 1.24. The van der Waals surface area contributed by atoms with Crippen LogP contribution in [0.1, 0.15) is 0 Å². The lowest BCUT2D eigenvalue weighted by Gasteiger charge is -2.03. The minimum absolute atomic E-state index is 0.188. The summed E-state index contributed by atoms with van der Waals surface area (Å²) >= 11 is 0. The first-order chi connectivity index (χ1) is 7.65. The van der Waals surface area contributed by atoms with E-state index < -0.39 is 16.2 Å². The second kappa shape index (κ2) is 3.57. The molecule has 0 spiro atoms. The van der Waals surface area contributed by atoms with Gasteiger partial charge in [0.2, 0.25) is 0 Å². The Morgan fingerprint density at radius 3 is 2.88 bits per heavy atom. The topological polar surface area (TPSA) is 99.6 Å². The molecule has 0 aromatic carbocycles. The van der Waals surface area contributed by atoms with Crippen LogP contribution in [0.15, 0.2) is 23.5 Å². The number of methoxy groups -OCH3 is 1. The third-order valence-electron chi connectivity index (χ3n) is 1.99. The first-order valence-electron chi connectivity index (χ1n) is 4.19. The smallest absolute Gasteiger partial charge is 0.352 e. The summed E-state index contributed by atoms with van der Waals surface area (Å²) in [5.74, 6) is 0.273. The molecule has 2 heterocycles. The number of aromatic nitrogens is 3. The largest absolute Gasteiger partial charge is 0.491 e. The fourth-order valence-corrected chi connectivity index (χ4v) is 1.24. The van der Waals surface area contributed by atoms with E-state index in [1.54, 1.807) is 0 Å². The van der Waals surface area contributed by atoms with Crippen molar-refractivity contribution in [3.63, 3.8) is 0 Å². The molecule has 8 nitrogen and oxygen atoms in total. The minimum atomic E-state index is -0.790. The summed E-state index contributed by atoms with van der Waals surface area (Å²) in [5.41, 5.74) is -1.21. The molecule has 8 heteroatoms. The Labute approximate surface area is 88.3 Å². The van der Waals surface area contributed by atoms with Crippen LogP contribution in [0.25, 0.3) is 5.65 Å². The van der Waals surface area contributed by atoms with E-state index in [-0.39, 0.29) is 11.4 Å². The molecule has 0 fully saturated rings. The van der Waals surface area contributed by atoms with Gasteiger partial charge in [0.15, 0.2) is 11.4 Å². The molecule has 0 unspecified atom stereocenters. The molecule has 0 saturated heterocycles. The van der Waals surface area contributed by atoms with Gasteiger partial charge in [0, 0.05) is 0 Å². The summed E-state index contributed by atoms with van der Waals surface area (Å²) in [6.45, 7) is 0. The number of ether oxygens (including phenoxy) is 1. The van der Waals surface area contributed by atoms with Gasteiger partial charge < -0.3 is 4.74 Å². The summed E-state index contributed by atoms with van der Waals surface area (Å²) in [7, 11) is 1.39. The Hall–Kier alpha value is -2.51. The van der Waals surface area contributed by atoms with Crippen LogP contribution in [0.5, 0.6) is 5.75 Å². The maximum absolute atomic E-state index is 11.6. The number of nitro groups is 1. The Bertz CT molecular complexity index is 621. The van der Waals surface area contributed by atoms with Crippen molar-refractivity contribution in [3.8, 4) is 5.75 Å². The lowest BCUT2D eigenvalue weighted by Crippen LogP contribution is -2.18. The normalized spacial score (nSPS) is 10.3. The Balaban J connectivity index is 2.87. The molecule has 2 rings (SSSR count). The molecule has 0 aliphatic carbocycles. The van der Waals surface area contributed by atoms with E-state index in [0.29, 0.717) is 0 Å². The van der Waals surface area contributed by atoms with Crippen LogP contribution in [0, 0.1) is 10.1 Å². The van der Waals surface area contributed by atoms with Crippen LogP contribution in [0.2, 0.25) is 0 Å². The molecule has 0 aliphatic rings. The first kappa shape index (κ1) is 10.0. The Kier molecular flexibility index (Phi) is 2.24. The van der Waals surface area contributed by atoms with E-state index in [1.165, 1.54) is 13.3 Å². The van der Waals surface area contributed by atoms with Gasteiger partial charge in [-0.05, 0) is 0 Å². The highest BCUT2D eigenvalue weighted by molar-refractivity contribution is 5.52. The monoisotopic (exact) mass is 222 g/mol. The average molecular weight is 222 g/mol. The molecule has 0 amide bonds. The van der Waals surface area contributed by atoms with Crippen molar-refractivity contribution in [2.45, 2.75) is 0 Å². The molecule has 0 atom stereocenters. The van der Waals surface area contributed by atoms with Crippen molar-refractivity contribution in [3.05, 3.63) is 39.2 Å². The maximum Gasteiger partial charge on any atom is 0.352 e. The molecule has 16 heavy (non-hydrogen) atoms. The van der Waals surface area contributed by atoms with Crippen molar-refractivity contribution in [1.29, 1.82) is 0 Å². The number of fused-ring (bicyclic) bond motifs is 1. The van der Waals surface area contributed by atoms with Gasteiger partial charge in [-0.15, -0.1) is 0 Å². The van der Waals surface area contributed by atoms with Crippen molar-refractivity contribution in [2.75, 3.05) is 7.11 Å². The van der Waals surface area contributed by atoms with Gasteiger partial charge in [0.25, 0.3) is 0 Å². The third kappa shape index (κ3) is 1.36. The van der Waals surface area contributed by atoms with Gasteiger partial charge in [-0.3, -0.25) is 14.9 Å². The van der Waals surface area contributed by atoms with Crippen LogP contribution in [0.4, 0.5) is 5.69 Å². The number of hydrogen-bond donors (Lipinski definition) is 0. The summed E-state index contributed by atoms with van der Waals surface area (Å²) < 4.78 is 5.90. The molecule has 0 N–H and O–H groups in total. The van der Waals surface area contributed by atoms with E-state index in [1.807, 2.05) is 0 Å². The summed E-state index contributed by atoms with van der Waals surface area (Å²) in [6, 6.07) is 0. The standard InChI is InChI=1S/C8H6N4O4/c1-16-6-3-9-4-11-7(6)10-2-5(8(11)13)12(14)15/h2-4H,1H3. The number of nitrogens with zero attached hydrogens (tertiary/aromatic N) is 4. The zero-order chi connectivity index (χ0) is 11.7. The molecule has 2 aromatic heterocycles. The molecular weight excluding hydrogens is 216 g/mol. The third-order valence-corrected chi connectivity index (χ3v) is 1.99. The lowest BCUT2D eigenvalue weighted by molar-refractivity contribution is -0.386. The van der Waals surface area contributed by atoms with Crippen LogP contribution < -0.4 is 10.3 Å². The molecule has 0 aliphatic heterocycles. The van der Waals surface area contributed by atoms with E-state index in [9.17, 15) is 14.9 Å². The predicted octanol–water partition coefficient (Wildman–Crippen LogP) is 0.00630. The molecule has 0 radical (unpaired) electrons. The van der Waals surface area contributed by atoms with E-state index in [0.717, 1.165) is 16.9 Å². The highest BCUT2D eigenvalue weighted by atomic mass is 16.6. The van der Waals surface area contributed by atoms with Crippen molar-refractivity contribution in [1.82, 2.24) is 14.4 Å². The zero-order valence-electron chi connectivity index (χ0n) is 8.15. The Morgan fingerprint density at radius 2 is 2.25 bits per heavy atom. The zero-order valence-corrected chi connectivity index (χ0v) is 8.15. The van der Waals surface area contributed by atoms with E-state index in [4.69, 9.17) is 4.74 Å². The predicted molar refractivity (Wildman–Crippen MR) is 52.5 cm³/mol. The van der Waals surface area contributed by atoms with Gasteiger partial charge in [0.1, 0.15) is 12.5 Å². The highest BCUT2D eigenvalue weighted by Gasteiger charge is 2.16. The molecule has 0 bridgehead atoms. The molecular formula is C8H6N4O4. The van der Waals surface area contributed by atoms with Crippen molar-refractivity contribution >= 4 is 11.3 Å². The second-order valence-corrected chi connectivity index (χ2v) is 2.86. The van der Waals surface area contributed by atoms with Crippen LogP contribution in [-0.2, 0) is 0 Å². The van der Waals surface area contributed by atoms with Gasteiger partial charge >= 0.3 is 11.2 Å². The van der Waals surface area contributed by atoms with Gasteiger partial charge in [0.05, 0.1) is 18.2 Å². The van der Waals surface area contributed by atoms with Crippen LogP contribution >= 0.6 is 0 Å². The van der Waals surface area contributed by atoms with Crippen molar-refractivity contribution < 1.29 is 9.66 Å². The number of hydrogen-bond acceptors (Lipinski definition) is 6. The molecule has 0 saturated carbocycles. The lowest BCUT2D eigenvalue weighted by atomic mass is 10.4. The quantitative estimate of drug-likeness (QED) is 0.524. The number of rotatable bonds is 2. The fraction of sp³-hybridized carbons (Fsp3) is 0.125. The average Bonchev–Trinajstić information content (AvgIpc) is 2.28. The summed E-state index contributed by atoms with van der Waals surface area (Å²) in [5, 5.41) is 10.5. The van der Waals surface area contributed by atoms with Gasteiger partial charge in [-0.25, -0.2) is 14.4 Å². The second-order valence-electron chi connectivity index (χ2n) is 2.86. The summed E-state index contributed by atoms with van der Waals surface area (Å²) in [6.07, 6.45) is 3.42. The van der Waals surface area contributed by atoms with E-state index >= 15 is 0 Å². The van der Waals surface area contributed by atoms with Crippen molar-refractivity contribution in [2.24, 2.45) is 0 Å². The first-order valence-corrected chi connectivity index (χ1v) is 4.19. The van der Waals surface area contributed by atoms with Crippen LogP contribution in [-0.4, -0.2) is 26.4 Å². The minimum Gasteiger partial charge on any atom is -0.491 e. The van der Waals surface area contributed by atoms with Gasteiger partial charge in [-0.1, -0.05) is 0 Å². The van der Waals surface area contributed by atoms with E-state index in [2.05, 4.69) is 9.97 Å². The highest BCUT2D eigenvalue weighted by Crippen LogP contribution is 2.14. The SMILES string of the molecule is COc1cncn2c(=O)c([N+](=O)[O-])cnc12. The van der Waals surface area contributed by atoms with Crippen LogP contribution in [0.3, 0.4) is 0 Å². The molecule has 2 aromatic rings. The summed E-state index contributed by atoms with van der Waals surface area (Å²) in [4.78, 5) is 28.9. The van der Waals surface area contributed by atoms with Gasteiger partial charge in [-0.2, -0.15) is 0 Å². The maximum atomic E-state index is 11.6. The Morgan fingerprint density at radius 1 is 1.50 bits per heavy atom. The molecule has 82 valence electrons.